The Balaban J connectivity index is 1.17. The number of carbonyl (C=O) groups is 2. The van der Waals surface area contributed by atoms with Gasteiger partial charge in [-0.3, -0.25) is 10.1 Å². The Morgan fingerprint density at radius 1 is 1.10 bits per heavy atom. The number of aryl methyl sites for hydroxylation is 1. The first-order valence-corrected chi connectivity index (χ1v) is 10.5. The van der Waals surface area contributed by atoms with Gasteiger partial charge in [0.05, 0.1) is 11.6 Å². The van der Waals surface area contributed by atoms with E-state index in [1.807, 2.05) is 6.92 Å². The summed E-state index contributed by atoms with van der Waals surface area (Å²) in [6.07, 6.45) is 1.71. The number of hydrogen-bond donors (Lipinski definition) is 2. The zero-order valence-electron chi connectivity index (χ0n) is 16.8. The molecule has 164 valence electrons. The van der Waals surface area contributed by atoms with Crippen LogP contribution in [0.1, 0.15) is 24.8 Å². The van der Waals surface area contributed by atoms with Crippen LogP contribution in [0.4, 0.5) is 14.9 Å². The quantitative estimate of drug-likeness (QED) is 0.594. The lowest BCUT2D eigenvalue weighted by atomic mass is 9.39. The molecule has 2 aromatic rings. The molecule has 3 aliphatic carbocycles. The Hall–Kier alpha value is -2.51. The van der Waals surface area contributed by atoms with Crippen molar-refractivity contribution >= 4 is 40.9 Å². The fraction of sp³-hybridized carbons (Fsp3) is 0.364. The molecule has 0 spiro atoms. The average molecular weight is 467 g/mol. The van der Waals surface area contributed by atoms with Gasteiger partial charge in [0, 0.05) is 27.7 Å². The highest BCUT2D eigenvalue weighted by Crippen LogP contribution is 2.67. The summed E-state index contributed by atoms with van der Waals surface area (Å²) >= 11 is 11.6. The number of rotatable bonds is 7. The molecule has 6 nitrogen and oxygen atoms in total. The van der Waals surface area contributed by atoms with Crippen molar-refractivity contribution in [2.75, 3.05) is 18.5 Å². The van der Waals surface area contributed by atoms with E-state index in [2.05, 4.69) is 10.6 Å². The Labute approximate surface area is 189 Å². The van der Waals surface area contributed by atoms with Crippen LogP contribution in [0.5, 0.6) is 5.75 Å². The fourth-order valence-electron chi connectivity index (χ4n) is 4.43. The van der Waals surface area contributed by atoms with Crippen LogP contribution in [0, 0.1) is 18.2 Å². The van der Waals surface area contributed by atoms with E-state index in [0.29, 0.717) is 17.3 Å². The lowest BCUT2D eigenvalue weighted by Crippen LogP contribution is -2.76. The van der Waals surface area contributed by atoms with Gasteiger partial charge in [-0.2, -0.15) is 0 Å². The second-order valence-corrected chi connectivity index (χ2v) is 9.20. The summed E-state index contributed by atoms with van der Waals surface area (Å²) in [5.74, 6) is -0.641. The number of benzene rings is 2. The molecular formula is C22H21Cl2FN2O4. The molecule has 0 saturated heterocycles. The highest BCUT2D eigenvalue weighted by Gasteiger charge is 2.69. The van der Waals surface area contributed by atoms with Crippen molar-refractivity contribution in [1.82, 2.24) is 5.32 Å². The molecule has 0 radical (unpaired) electrons. The summed E-state index contributed by atoms with van der Waals surface area (Å²) in [5, 5.41) is 6.28. The van der Waals surface area contributed by atoms with E-state index in [0.717, 1.165) is 30.9 Å². The van der Waals surface area contributed by atoms with E-state index in [9.17, 15) is 14.0 Å². The van der Waals surface area contributed by atoms with E-state index < -0.39 is 11.9 Å². The van der Waals surface area contributed by atoms with Gasteiger partial charge in [0.2, 0.25) is 0 Å². The molecule has 3 fully saturated rings. The van der Waals surface area contributed by atoms with Crippen LogP contribution in [0.2, 0.25) is 10.0 Å². The molecule has 2 amide bonds. The van der Waals surface area contributed by atoms with Gasteiger partial charge in [0.1, 0.15) is 11.6 Å². The lowest BCUT2D eigenvalue weighted by molar-refractivity contribution is -0.183. The smallest absolute Gasteiger partial charge is 0.411 e. The molecule has 0 atom stereocenters. The number of halogens is 3. The number of nitrogens with one attached hydrogen (secondary N) is 2. The predicted molar refractivity (Wildman–Crippen MR) is 115 cm³/mol. The second kappa shape index (κ2) is 8.20. The number of carbonyl (C=O) groups excluding carboxylic acids is 2. The van der Waals surface area contributed by atoms with E-state index in [1.165, 1.54) is 12.1 Å². The molecule has 9 heteroatoms. The van der Waals surface area contributed by atoms with Crippen molar-refractivity contribution in [2.45, 2.75) is 31.7 Å². The third-order valence-corrected chi connectivity index (χ3v) is 6.45. The molecule has 3 saturated carbocycles. The molecule has 2 N–H and O–H groups in total. The standard InChI is InChI=1S/C22H21Cl2FN2O4/c1-13-6-14(2-4-16(13)23)26-20(29)31-12-21-9-22(10-21,11-21)27-19(28)8-30-15-3-5-17(24)18(25)7-15/h2-7H,8-12H2,1H3,(H,26,29)(H,27,28). The van der Waals surface area contributed by atoms with Crippen molar-refractivity contribution in [3.63, 3.8) is 0 Å². The summed E-state index contributed by atoms with van der Waals surface area (Å²) in [4.78, 5) is 24.2. The topological polar surface area (TPSA) is 76.7 Å². The molecule has 2 bridgehead atoms. The maximum absolute atomic E-state index is 13.4. The second-order valence-electron chi connectivity index (χ2n) is 8.39. The molecule has 2 aromatic carbocycles. The SMILES string of the molecule is Cc1cc(NC(=O)OCC23CC(NC(=O)COc4ccc(Cl)c(F)c4)(C2)C3)ccc1Cl. The summed E-state index contributed by atoms with van der Waals surface area (Å²) in [6, 6.07) is 9.21. The van der Waals surface area contributed by atoms with E-state index in [1.54, 1.807) is 18.2 Å². The van der Waals surface area contributed by atoms with Gasteiger partial charge in [-0.15, -0.1) is 0 Å². The summed E-state index contributed by atoms with van der Waals surface area (Å²) in [6.45, 7) is 1.94. The molecular weight excluding hydrogens is 446 g/mol. The first kappa shape index (κ1) is 21.7. The summed E-state index contributed by atoms with van der Waals surface area (Å²) in [7, 11) is 0. The number of anilines is 1. The first-order chi connectivity index (χ1) is 14.7. The number of hydrogen-bond acceptors (Lipinski definition) is 4. The first-order valence-electron chi connectivity index (χ1n) is 9.77. The monoisotopic (exact) mass is 466 g/mol. The van der Waals surface area contributed by atoms with Crippen LogP contribution < -0.4 is 15.4 Å². The van der Waals surface area contributed by atoms with Crippen molar-refractivity contribution in [3.8, 4) is 5.75 Å². The van der Waals surface area contributed by atoms with Gasteiger partial charge in [0.25, 0.3) is 5.91 Å². The van der Waals surface area contributed by atoms with Crippen LogP contribution in [0.3, 0.4) is 0 Å². The molecule has 31 heavy (non-hydrogen) atoms. The van der Waals surface area contributed by atoms with Crippen LogP contribution in [-0.4, -0.2) is 30.8 Å². The molecule has 0 heterocycles. The highest BCUT2D eigenvalue weighted by molar-refractivity contribution is 6.31. The van der Waals surface area contributed by atoms with Gasteiger partial charge in [-0.25, -0.2) is 9.18 Å². The normalized spacial score (nSPS) is 23.2. The summed E-state index contributed by atoms with van der Waals surface area (Å²) < 4.78 is 24.1. The number of ether oxygens (including phenoxy) is 2. The van der Waals surface area contributed by atoms with Crippen molar-refractivity contribution < 1.29 is 23.5 Å². The zero-order chi connectivity index (χ0) is 22.2. The Morgan fingerprint density at radius 2 is 1.81 bits per heavy atom. The van der Waals surface area contributed by atoms with Crippen LogP contribution >= 0.6 is 23.2 Å². The van der Waals surface area contributed by atoms with Crippen LogP contribution in [-0.2, 0) is 9.53 Å². The minimum Gasteiger partial charge on any atom is -0.484 e. The van der Waals surface area contributed by atoms with Gasteiger partial charge in [-0.1, -0.05) is 23.2 Å². The van der Waals surface area contributed by atoms with Crippen molar-refractivity contribution in [2.24, 2.45) is 5.41 Å². The van der Waals surface area contributed by atoms with E-state index in [-0.39, 0.29) is 34.2 Å². The third kappa shape index (κ3) is 4.72. The average Bonchev–Trinajstić information content (AvgIpc) is 2.66. The fourth-order valence-corrected chi connectivity index (χ4v) is 4.66. The molecule has 5 rings (SSSR count). The molecule has 3 aliphatic rings. The minimum absolute atomic E-state index is 0.00449. The Kier molecular flexibility index (Phi) is 5.75. The van der Waals surface area contributed by atoms with Gasteiger partial charge in [0.15, 0.2) is 6.61 Å². The maximum atomic E-state index is 13.4. The minimum atomic E-state index is -0.601. The molecule has 0 unspecified atom stereocenters. The Morgan fingerprint density at radius 3 is 2.48 bits per heavy atom. The van der Waals surface area contributed by atoms with Gasteiger partial charge >= 0.3 is 6.09 Å². The van der Waals surface area contributed by atoms with Gasteiger partial charge < -0.3 is 14.8 Å². The summed E-state index contributed by atoms with van der Waals surface area (Å²) in [5.41, 5.74) is 1.13. The predicted octanol–water partition coefficient (Wildman–Crippen LogP) is 5.11. The largest absolute Gasteiger partial charge is 0.484 e. The van der Waals surface area contributed by atoms with E-state index in [4.69, 9.17) is 32.7 Å². The lowest BCUT2D eigenvalue weighted by Gasteiger charge is -2.70. The highest BCUT2D eigenvalue weighted by atomic mass is 35.5. The Bertz CT molecular complexity index is 1030. The van der Waals surface area contributed by atoms with E-state index >= 15 is 0 Å². The van der Waals surface area contributed by atoms with Crippen LogP contribution in [0.15, 0.2) is 36.4 Å². The third-order valence-electron chi connectivity index (χ3n) is 5.72. The molecule has 0 aromatic heterocycles. The van der Waals surface area contributed by atoms with Crippen molar-refractivity contribution in [1.29, 1.82) is 0 Å². The van der Waals surface area contributed by atoms with Crippen LogP contribution in [0.25, 0.3) is 0 Å². The number of amides is 2. The molecule has 0 aliphatic heterocycles. The van der Waals surface area contributed by atoms with Crippen molar-refractivity contribution in [3.05, 3.63) is 57.8 Å². The van der Waals surface area contributed by atoms with Gasteiger partial charge in [-0.05, 0) is 62.1 Å². The zero-order valence-corrected chi connectivity index (χ0v) is 18.3. The maximum Gasteiger partial charge on any atom is 0.411 e.